The summed E-state index contributed by atoms with van der Waals surface area (Å²) in [5, 5.41) is 1.80. The summed E-state index contributed by atoms with van der Waals surface area (Å²) in [6.45, 7) is 0. The highest BCUT2D eigenvalue weighted by Crippen LogP contribution is 2.44. The van der Waals surface area contributed by atoms with E-state index in [0.717, 1.165) is 13.2 Å². The second-order valence-electron chi connectivity index (χ2n) is 3.59. The third-order valence-corrected chi connectivity index (χ3v) is 3.52. The van der Waals surface area contributed by atoms with Crippen molar-refractivity contribution < 1.29 is 31.1 Å². The molecule has 1 rings (SSSR count). The highest BCUT2D eigenvalue weighted by atomic mass is 32.2. The number of methoxy groups -OCH3 is 2. The van der Waals surface area contributed by atoms with Gasteiger partial charge in [0.25, 0.3) is 0 Å². The molecule has 0 saturated heterocycles. The average molecular weight is 299 g/mol. The summed E-state index contributed by atoms with van der Waals surface area (Å²) in [6, 6.07) is 3.55. The summed E-state index contributed by atoms with van der Waals surface area (Å²) in [5.74, 6) is -0.334. The van der Waals surface area contributed by atoms with Crippen molar-refractivity contribution in [1.29, 1.82) is 0 Å². The Labute approximate surface area is 108 Å². The maximum Gasteiger partial charge on any atom is 0.410 e. The zero-order valence-corrected chi connectivity index (χ0v) is 10.9. The number of sulfonamides is 1. The number of hydrogen-bond acceptors (Lipinski definition) is 4. The van der Waals surface area contributed by atoms with E-state index in [2.05, 4.69) is 5.14 Å². The van der Waals surface area contributed by atoms with Gasteiger partial charge in [0.1, 0.15) is 0 Å². The summed E-state index contributed by atoms with van der Waals surface area (Å²) < 4.78 is 70.7. The normalized spacial score (nSPS) is 14.0. The molecular weight excluding hydrogens is 287 g/mol. The van der Waals surface area contributed by atoms with Gasteiger partial charge in [-0.15, -0.1) is 0 Å². The molecule has 0 fully saturated rings. The summed E-state index contributed by atoms with van der Waals surface area (Å²) in [7, 11) is -2.56. The fraction of sp³-hybridized carbons (Fsp3) is 0.400. The van der Waals surface area contributed by atoms with Gasteiger partial charge in [0.05, 0.1) is 14.2 Å². The third-order valence-electron chi connectivity index (χ3n) is 2.34. The minimum absolute atomic E-state index is 0.0158. The van der Waals surface area contributed by atoms with Crippen LogP contribution in [-0.2, 0) is 10.0 Å². The maximum atomic E-state index is 12.9. The Morgan fingerprint density at radius 1 is 1.21 bits per heavy atom. The first-order chi connectivity index (χ1) is 8.62. The van der Waals surface area contributed by atoms with E-state index in [0.29, 0.717) is 0 Å². The Morgan fingerprint density at radius 2 is 1.79 bits per heavy atom. The van der Waals surface area contributed by atoms with Gasteiger partial charge in [-0.2, -0.15) is 13.2 Å². The van der Waals surface area contributed by atoms with Crippen LogP contribution in [0.1, 0.15) is 10.8 Å². The predicted octanol–water partition coefficient (Wildman–Crippen LogP) is 1.60. The van der Waals surface area contributed by atoms with Crippen molar-refractivity contribution in [1.82, 2.24) is 0 Å². The van der Waals surface area contributed by atoms with E-state index in [-0.39, 0.29) is 11.5 Å². The van der Waals surface area contributed by atoms with Gasteiger partial charge in [0.2, 0.25) is 10.0 Å². The Hall–Kier alpha value is -1.48. The van der Waals surface area contributed by atoms with E-state index in [1.54, 1.807) is 0 Å². The van der Waals surface area contributed by atoms with Crippen LogP contribution in [0.2, 0.25) is 0 Å². The van der Waals surface area contributed by atoms with Crippen LogP contribution in [0.15, 0.2) is 18.2 Å². The van der Waals surface area contributed by atoms with Crippen molar-refractivity contribution in [3.8, 4) is 11.5 Å². The van der Waals surface area contributed by atoms with Gasteiger partial charge < -0.3 is 9.47 Å². The van der Waals surface area contributed by atoms with Crippen molar-refractivity contribution >= 4 is 10.0 Å². The number of alkyl halides is 3. The molecule has 1 atom stereocenters. The molecule has 0 heterocycles. The van der Waals surface area contributed by atoms with E-state index in [1.807, 2.05) is 0 Å². The first-order valence-corrected chi connectivity index (χ1v) is 6.53. The number of ether oxygens (including phenoxy) is 2. The SMILES string of the molecule is COc1cccc(C(C(F)(F)F)S(N)(=O)=O)c1OC. The van der Waals surface area contributed by atoms with Crippen molar-refractivity contribution in [3.05, 3.63) is 23.8 Å². The topological polar surface area (TPSA) is 78.6 Å². The third kappa shape index (κ3) is 3.29. The standard InChI is InChI=1S/C10H12F3NO4S/c1-17-7-5-3-4-6(8(7)18-2)9(10(11,12)13)19(14,15)16/h3-5,9H,1-2H3,(H2,14,15,16). The zero-order chi connectivity index (χ0) is 14.8. The largest absolute Gasteiger partial charge is 0.493 e. The lowest BCUT2D eigenvalue weighted by Gasteiger charge is -2.21. The quantitative estimate of drug-likeness (QED) is 0.916. The van der Waals surface area contributed by atoms with Gasteiger partial charge >= 0.3 is 6.18 Å². The van der Waals surface area contributed by atoms with E-state index < -0.39 is 27.0 Å². The van der Waals surface area contributed by atoms with Gasteiger partial charge in [-0.1, -0.05) is 12.1 Å². The van der Waals surface area contributed by atoms with Crippen LogP contribution in [0.4, 0.5) is 13.2 Å². The summed E-state index contributed by atoms with van der Waals surface area (Å²) >= 11 is 0. The highest BCUT2D eigenvalue weighted by molar-refractivity contribution is 7.89. The molecule has 1 aromatic rings. The number of hydrogen-bond donors (Lipinski definition) is 1. The van der Waals surface area contributed by atoms with Crippen LogP contribution < -0.4 is 14.6 Å². The molecule has 0 bridgehead atoms. The van der Waals surface area contributed by atoms with Gasteiger partial charge in [-0.05, 0) is 6.07 Å². The number of para-hydroxylation sites is 1. The lowest BCUT2D eigenvalue weighted by molar-refractivity contribution is -0.131. The van der Waals surface area contributed by atoms with Crippen molar-refractivity contribution in [2.24, 2.45) is 5.14 Å². The van der Waals surface area contributed by atoms with Crippen LogP contribution in [0, 0.1) is 0 Å². The highest BCUT2D eigenvalue weighted by Gasteiger charge is 2.50. The van der Waals surface area contributed by atoms with Crippen molar-refractivity contribution in [3.63, 3.8) is 0 Å². The van der Waals surface area contributed by atoms with Crippen LogP contribution >= 0.6 is 0 Å². The van der Waals surface area contributed by atoms with Crippen molar-refractivity contribution in [2.45, 2.75) is 11.4 Å². The molecule has 9 heteroatoms. The second kappa shape index (κ2) is 5.25. The van der Waals surface area contributed by atoms with Crippen LogP contribution in [0.5, 0.6) is 11.5 Å². The lowest BCUT2D eigenvalue weighted by atomic mass is 10.1. The van der Waals surface area contributed by atoms with Crippen molar-refractivity contribution in [2.75, 3.05) is 14.2 Å². The molecule has 0 aliphatic carbocycles. The zero-order valence-electron chi connectivity index (χ0n) is 10.1. The predicted molar refractivity (Wildman–Crippen MR) is 61.4 cm³/mol. The molecule has 0 amide bonds. The monoisotopic (exact) mass is 299 g/mol. The van der Waals surface area contributed by atoms with E-state index in [9.17, 15) is 21.6 Å². The van der Waals surface area contributed by atoms with Gasteiger partial charge in [0, 0.05) is 5.56 Å². The molecule has 5 nitrogen and oxygen atoms in total. The molecule has 0 saturated carbocycles. The minimum atomic E-state index is -5.06. The van der Waals surface area contributed by atoms with E-state index in [4.69, 9.17) is 9.47 Å². The average Bonchev–Trinajstić information content (AvgIpc) is 2.24. The molecule has 0 aromatic heterocycles. The second-order valence-corrected chi connectivity index (χ2v) is 5.24. The van der Waals surface area contributed by atoms with Gasteiger partial charge in [0.15, 0.2) is 16.7 Å². The lowest BCUT2D eigenvalue weighted by Crippen LogP contribution is -2.33. The first-order valence-electron chi connectivity index (χ1n) is 4.92. The Balaban J connectivity index is 3.57. The van der Waals surface area contributed by atoms with Crippen LogP contribution in [0.3, 0.4) is 0 Å². The summed E-state index contributed by atoms with van der Waals surface area (Å²) in [4.78, 5) is 0. The number of halogens is 3. The Kier molecular flexibility index (Phi) is 4.31. The first kappa shape index (κ1) is 15.6. The molecule has 2 N–H and O–H groups in total. The molecular formula is C10H12F3NO4S. The molecule has 0 aliphatic heterocycles. The van der Waals surface area contributed by atoms with Crippen LogP contribution in [-0.4, -0.2) is 28.8 Å². The smallest absolute Gasteiger partial charge is 0.410 e. The minimum Gasteiger partial charge on any atom is -0.493 e. The molecule has 108 valence electrons. The molecule has 1 unspecified atom stereocenters. The molecule has 19 heavy (non-hydrogen) atoms. The fourth-order valence-electron chi connectivity index (χ4n) is 1.66. The summed E-state index contributed by atoms with van der Waals surface area (Å²) in [6.07, 6.45) is -5.06. The molecule has 0 spiro atoms. The fourth-order valence-corrected chi connectivity index (χ4v) is 2.57. The molecule has 1 aromatic carbocycles. The number of benzene rings is 1. The Morgan fingerprint density at radius 3 is 2.16 bits per heavy atom. The maximum absolute atomic E-state index is 12.9. The molecule has 0 aliphatic rings. The van der Waals surface area contributed by atoms with E-state index >= 15 is 0 Å². The summed E-state index contributed by atoms with van der Waals surface area (Å²) in [5.41, 5.74) is -0.614. The van der Waals surface area contributed by atoms with Gasteiger partial charge in [-0.25, -0.2) is 13.6 Å². The van der Waals surface area contributed by atoms with E-state index in [1.165, 1.54) is 19.2 Å². The number of primary sulfonamides is 1. The number of rotatable bonds is 4. The van der Waals surface area contributed by atoms with Gasteiger partial charge in [-0.3, -0.25) is 0 Å². The number of nitrogens with two attached hydrogens (primary N) is 1. The Bertz CT molecular complexity index is 556. The van der Waals surface area contributed by atoms with Crippen LogP contribution in [0.25, 0.3) is 0 Å². The molecule has 0 radical (unpaired) electrons.